The number of nitrogens with zero attached hydrogens (tertiary/aromatic N) is 1. The lowest BCUT2D eigenvalue weighted by atomic mass is 10.0. The summed E-state index contributed by atoms with van der Waals surface area (Å²) >= 11 is 1.74. The summed E-state index contributed by atoms with van der Waals surface area (Å²) in [4.78, 5) is 4.59. The van der Waals surface area contributed by atoms with Crippen LogP contribution in [0.15, 0.2) is 5.38 Å². The van der Waals surface area contributed by atoms with Crippen molar-refractivity contribution in [2.45, 2.75) is 46.1 Å². The second-order valence-electron chi connectivity index (χ2n) is 4.75. The SMILES string of the molecule is CC[C@H](CCO)CNCc1csc(C(C)C)n1. The zero-order chi connectivity index (χ0) is 12.7. The molecule has 1 aromatic heterocycles. The lowest BCUT2D eigenvalue weighted by Crippen LogP contribution is -2.23. The molecule has 1 aromatic rings. The quantitative estimate of drug-likeness (QED) is 0.752. The molecule has 0 aromatic carbocycles. The van der Waals surface area contributed by atoms with E-state index in [1.165, 1.54) is 5.01 Å². The smallest absolute Gasteiger partial charge is 0.0954 e. The fourth-order valence-corrected chi connectivity index (χ4v) is 2.54. The number of thiazole rings is 1. The van der Waals surface area contributed by atoms with Crippen LogP contribution in [0, 0.1) is 5.92 Å². The molecular weight excluding hydrogens is 232 g/mol. The highest BCUT2D eigenvalue weighted by molar-refractivity contribution is 7.09. The molecule has 0 aliphatic carbocycles. The summed E-state index contributed by atoms with van der Waals surface area (Å²) in [7, 11) is 0. The van der Waals surface area contributed by atoms with E-state index in [0.29, 0.717) is 11.8 Å². The van der Waals surface area contributed by atoms with Gasteiger partial charge in [0.25, 0.3) is 0 Å². The van der Waals surface area contributed by atoms with Gasteiger partial charge in [-0.3, -0.25) is 0 Å². The Morgan fingerprint density at radius 3 is 2.76 bits per heavy atom. The van der Waals surface area contributed by atoms with Gasteiger partial charge >= 0.3 is 0 Å². The third-order valence-electron chi connectivity index (χ3n) is 2.92. The van der Waals surface area contributed by atoms with E-state index in [1.807, 2.05) is 0 Å². The molecule has 2 N–H and O–H groups in total. The number of nitrogens with one attached hydrogen (secondary N) is 1. The van der Waals surface area contributed by atoms with Gasteiger partial charge in [0.1, 0.15) is 0 Å². The lowest BCUT2D eigenvalue weighted by molar-refractivity contribution is 0.251. The van der Waals surface area contributed by atoms with Gasteiger partial charge in [-0.1, -0.05) is 27.2 Å². The van der Waals surface area contributed by atoms with Crippen LogP contribution < -0.4 is 5.32 Å². The van der Waals surface area contributed by atoms with Crippen molar-refractivity contribution in [3.05, 3.63) is 16.1 Å². The van der Waals surface area contributed by atoms with Gasteiger partial charge in [-0.15, -0.1) is 11.3 Å². The molecule has 1 atom stereocenters. The van der Waals surface area contributed by atoms with Gasteiger partial charge in [-0.05, 0) is 18.9 Å². The molecule has 0 radical (unpaired) electrons. The van der Waals surface area contributed by atoms with Crippen molar-refractivity contribution in [2.24, 2.45) is 5.92 Å². The molecule has 1 rings (SSSR count). The van der Waals surface area contributed by atoms with E-state index >= 15 is 0 Å². The number of aromatic nitrogens is 1. The van der Waals surface area contributed by atoms with E-state index in [0.717, 1.165) is 31.6 Å². The fourth-order valence-electron chi connectivity index (χ4n) is 1.71. The molecule has 17 heavy (non-hydrogen) atoms. The summed E-state index contributed by atoms with van der Waals surface area (Å²) in [6, 6.07) is 0. The third kappa shape index (κ3) is 5.15. The number of aliphatic hydroxyl groups excluding tert-OH is 1. The second-order valence-corrected chi connectivity index (χ2v) is 5.64. The number of rotatable bonds is 8. The fraction of sp³-hybridized carbons (Fsp3) is 0.769. The summed E-state index contributed by atoms with van der Waals surface area (Å²) in [6.45, 7) is 8.60. The molecule has 0 aliphatic heterocycles. The van der Waals surface area contributed by atoms with Crippen molar-refractivity contribution in [2.75, 3.05) is 13.2 Å². The van der Waals surface area contributed by atoms with Gasteiger partial charge in [0.05, 0.1) is 10.7 Å². The summed E-state index contributed by atoms with van der Waals surface area (Å²) < 4.78 is 0. The van der Waals surface area contributed by atoms with Crippen molar-refractivity contribution < 1.29 is 5.11 Å². The van der Waals surface area contributed by atoms with E-state index in [2.05, 4.69) is 36.5 Å². The highest BCUT2D eigenvalue weighted by Gasteiger charge is 2.07. The molecule has 0 saturated heterocycles. The Balaban J connectivity index is 2.29. The van der Waals surface area contributed by atoms with E-state index in [4.69, 9.17) is 5.11 Å². The molecule has 0 bridgehead atoms. The topological polar surface area (TPSA) is 45.1 Å². The van der Waals surface area contributed by atoms with Crippen LogP contribution >= 0.6 is 11.3 Å². The van der Waals surface area contributed by atoms with Crippen LogP contribution in [-0.2, 0) is 6.54 Å². The molecule has 0 saturated carbocycles. The number of hydrogen-bond donors (Lipinski definition) is 2. The van der Waals surface area contributed by atoms with Gasteiger partial charge in [0.2, 0.25) is 0 Å². The monoisotopic (exact) mass is 256 g/mol. The van der Waals surface area contributed by atoms with Gasteiger partial charge in [0, 0.05) is 24.4 Å². The van der Waals surface area contributed by atoms with Crippen LogP contribution in [-0.4, -0.2) is 23.2 Å². The van der Waals surface area contributed by atoms with Crippen molar-refractivity contribution in [3.8, 4) is 0 Å². The zero-order valence-electron chi connectivity index (χ0n) is 11.1. The summed E-state index contributed by atoms with van der Waals surface area (Å²) in [5.74, 6) is 1.09. The Morgan fingerprint density at radius 2 is 2.24 bits per heavy atom. The third-order valence-corrected chi connectivity index (χ3v) is 4.11. The van der Waals surface area contributed by atoms with E-state index < -0.39 is 0 Å². The zero-order valence-corrected chi connectivity index (χ0v) is 11.9. The largest absolute Gasteiger partial charge is 0.396 e. The Kier molecular flexibility index (Phi) is 6.70. The van der Waals surface area contributed by atoms with Crippen molar-refractivity contribution in [1.29, 1.82) is 0 Å². The number of aliphatic hydroxyl groups is 1. The van der Waals surface area contributed by atoms with Gasteiger partial charge in [-0.25, -0.2) is 4.98 Å². The highest BCUT2D eigenvalue weighted by atomic mass is 32.1. The maximum absolute atomic E-state index is 8.91. The van der Waals surface area contributed by atoms with Gasteiger partial charge in [-0.2, -0.15) is 0 Å². The maximum Gasteiger partial charge on any atom is 0.0954 e. The average molecular weight is 256 g/mol. The molecule has 0 unspecified atom stereocenters. The summed E-state index contributed by atoms with van der Waals surface area (Å²) in [6.07, 6.45) is 2.00. The molecule has 0 aliphatic rings. The van der Waals surface area contributed by atoms with Crippen LogP contribution in [0.4, 0.5) is 0 Å². The van der Waals surface area contributed by atoms with Gasteiger partial charge in [0.15, 0.2) is 0 Å². The van der Waals surface area contributed by atoms with Crippen LogP contribution in [0.25, 0.3) is 0 Å². The van der Waals surface area contributed by atoms with Crippen molar-refractivity contribution >= 4 is 11.3 Å². The minimum absolute atomic E-state index is 0.286. The van der Waals surface area contributed by atoms with Crippen LogP contribution in [0.5, 0.6) is 0 Å². The Labute approximate surface area is 108 Å². The van der Waals surface area contributed by atoms with E-state index in [9.17, 15) is 0 Å². The molecule has 4 heteroatoms. The normalized spacial score (nSPS) is 13.2. The highest BCUT2D eigenvalue weighted by Crippen LogP contribution is 2.19. The van der Waals surface area contributed by atoms with Crippen LogP contribution in [0.1, 0.15) is 50.2 Å². The molecule has 3 nitrogen and oxygen atoms in total. The Morgan fingerprint density at radius 1 is 1.47 bits per heavy atom. The first-order valence-electron chi connectivity index (χ1n) is 6.43. The average Bonchev–Trinajstić information content (AvgIpc) is 2.77. The minimum Gasteiger partial charge on any atom is -0.396 e. The second kappa shape index (κ2) is 7.80. The maximum atomic E-state index is 8.91. The summed E-state index contributed by atoms with van der Waals surface area (Å²) in [5, 5.41) is 15.7. The molecule has 0 fully saturated rings. The molecular formula is C13H24N2OS. The van der Waals surface area contributed by atoms with Gasteiger partial charge < -0.3 is 10.4 Å². The molecule has 0 amide bonds. The van der Waals surface area contributed by atoms with Crippen molar-refractivity contribution in [1.82, 2.24) is 10.3 Å². The molecule has 98 valence electrons. The van der Waals surface area contributed by atoms with Crippen LogP contribution in [0.3, 0.4) is 0 Å². The standard InChI is InChI=1S/C13H24N2OS/c1-4-11(5-6-16)7-14-8-12-9-17-13(15-12)10(2)3/h9-11,14,16H,4-8H2,1-3H3/t11-/m1/s1. The van der Waals surface area contributed by atoms with Crippen LogP contribution in [0.2, 0.25) is 0 Å². The first-order valence-corrected chi connectivity index (χ1v) is 7.31. The summed E-state index contributed by atoms with van der Waals surface area (Å²) in [5.41, 5.74) is 1.14. The first-order chi connectivity index (χ1) is 8.17. The predicted octanol–water partition coefficient (Wildman–Crippen LogP) is 2.76. The number of hydrogen-bond acceptors (Lipinski definition) is 4. The Hall–Kier alpha value is -0.450. The Bertz CT molecular complexity index is 312. The molecule has 0 spiro atoms. The predicted molar refractivity (Wildman–Crippen MR) is 73.4 cm³/mol. The van der Waals surface area contributed by atoms with E-state index in [1.54, 1.807) is 11.3 Å². The van der Waals surface area contributed by atoms with E-state index in [-0.39, 0.29) is 6.61 Å². The minimum atomic E-state index is 0.286. The molecule has 1 heterocycles. The first kappa shape index (κ1) is 14.6. The lowest BCUT2D eigenvalue weighted by Gasteiger charge is -2.13. The van der Waals surface area contributed by atoms with Crippen molar-refractivity contribution in [3.63, 3.8) is 0 Å².